The van der Waals surface area contributed by atoms with Gasteiger partial charge in [0.25, 0.3) is 0 Å². The number of anilines is 1. The molecule has 1 fully saturated rings. The molecule has 2 aromatic rings. The molecule has 6 nitrogen and oxygen atoms in total. The molecule has 1 heterocycles. The quantitative estimate of drug-likeness (QED) is 0.750. The van der Waals surface area contributed by atoms with Crippen molar-refractivity contribution in [1.29, 1.82) is 0 Å². The van der Waals surface area contributed by atoms with Gasteiger partial charge in [-0.3, -0.25) is 4.84 Å². The van der Waals surface area contributed by atoms with Gasteiger partial charge in [-0.1, -0.05) is 36.4 Å². The predicted molar refractivity (Wildman–Crippen MR) is 101 cm³/mol. The third kappa shape index (κ3) is 5.13. The molecular weight excluding hydrogens is 330 g/mol. The van der Waals surface area contributed by atoms with Crippen LogP contribution in [0, 0.1) is 5.92 Å². The van der Waals surface area contributed by atoms with Crippen LogP contribution in [0.5, 0.6) is 5.75 Å². The lowest BCUT2D eigenvalue weighted by Gasteiger charge is -2.19. The van der Waals surface area contributed by atoms with Crippen molar-refractivity contribution in [2.75, 3.05) is 31.6 Å². The third-order valence-electron chi connectivity index (χ3n) is 4.50. The first-order valence-electron chi connectivity index (χ1n) is 8.83. The molecule has 26 heavy (non-hydrogen) atoms. The van der Waals surface area contributed by atoms with Crippen LogP contribution in [0.15, 0.2) is 54.6 Å². The fraction of sp³-hybridized carbons (Fsp3) is 0.350. The Kier molecular flexibility index (Phi) is 6.33. The second-order valence-corrected chi connectivity index (χ2v) is 6.39. The Bertz CT molecular complexity index is 708. The van der Waals surface area contributed by atoms with Crippen LogP contribution in [0.4, 0.5) is 10.5 Å². The third-order valence-corrected chi connectivity index (χ3v) is 4.50. The highest BCUT2D eigenvalue weighted by atomic mass is 16.7. The molecule has 6 heteroatoms. The van der Waals surface area contributed by atoms with Crippen molar-refractivity contribution in [3.8, 4) is 5.75 Å². The van der Waals surface area contributed by atoms with Gasteiger partial charge in [0.1, 0.15) is 5.75 Å². The normalized spacial score (nSPS) is 16.3. The maximum Gasteiger partial charge on any atom is 0.338 e. The minimum absolute atomic E-state index is 0.305. The summed E-state index contributed by atoms with van der Waals surface area (Å²) in [6, 6.07) is 17.5. The van der Waals surface area contributed by atoms with E-state index in [0.29, 0.717) is 19.1 Å². The van der Waals surface area contributed by atoms with Gasteiger partial charge in [-0.2, -0.15) is 0 Å². The van der Waals surface area contributed by atoms with Gasteiger partial charge in [-0.05, 0) is 30.0 Å². The molecule has 0 saturated carbocycles. The standard InChI is InChI=1S/C20H25N3O3/c1-25-19-9-5-8-18(12-19)23-11-10-17(14-23)13-21-20(24)22-26-15-16-6-3-2-4-7-16/h2-9,12,17H,10-11,13-15H2,1H3,(H2,21,22,24). The number of hydrogen-bond donors (Lipinski definition) is 2. The highest BCUT2D eigenvalue weighted by molar-refractivity contribution is 5.72. The number of nitrogens with one attached hydrogen (secondary N) is 2. The summed E-state index contributed by atoms with van der Waals surface area (Å²) in [5.74, 6) is 1.28. The number of carbonyl (C=O) groups excluding carboxylic acids is 1. The molecule has 138 valence electrons. The van der Waals surface area contributed by atoms with E-state index in [1.165, 1.54) is 0 Å². The van der Waals surface area contributed by atoms with Crippen LogP contribution in [0.1, 0.15) is 12.0 Å². The fourth-order valence-electron chi connectivity index (χ4n) is 3.07. The molecule has 2 N–H and O–H groups in total. The largest absolute Gasteiger partial charge is 0.497 e. The van der Waals surface area contributed by atoms with Crippen molar-refractivity contribution in [2.24, 2.45) is 5.92 Å². The van der Waals surface area contributed by atoms with Crippen LogP contribution in [-0.2, 0) is 11.4 Å². The van der Waals surface area contributed by atoms with E-state index in [1.54, 1.807) is 7.11 Å². The van der Waals surface area contributed by atoms with Crippen molar-refractivity contribution in [2.45, 2.75) is 13.0 Å². The van der Waals surface area contributed by atoms with Crippen LogP contribution in [-0.4, -0.2) is 32.8 Å². The van der Waals surface area contributed by atoms with E-state index < -0.39 is 0 Å². The topological polar surface area (TPSA) is 62.8 Å². The summed E-state index contributed by atoms with van der Waals surface area (Å²) in [5, 5.41) is 2.88. The number of nitrogens with zero attached hydrogens (tertiary/aromatic N) is 1. The van der Waals surface area contributed by atoms with Crippen molar-refractivity contribution in [3.63, 3.8) is 0 Å². The first-order chi connectivity index (χ1) is 12.7. The number of urea groups is 1. The van der Waals surface area contributed by atoms with E-state index in [4.69, 9.17) is 9.57 Å². The molecule has 2 amide bonds. The molecule has 0 radical (unpaired) electrons. The van der Waals surface area contributed by atoms with Crippen molar-refractivity contribution in [1.82, 2.24) is 10.8 Å². The molecule has 0 aromatic heterocycles. The SMILES string of the molecule is COc1cccc(N2CCC(CNC(=O)NOCc3ccccc3)C2)c1. The number of methoxy groups -OCH3 is 1. The van der Waals surface area contributed by atoms with E-state index in [-0.39, 0.29) is 6.03 Å². The van der Waals surface area contributed by atoms with Gasteiger partial charge in [0.05, 0.1) is 13.7 Å². The molecule has 0 bridgehead atoms. The molecule has 0 spiro atoms. The zero-order valence-corrected chi connectivity index (χ0v) is 15.0. The molecule has 2 aromatic carbocycles. The minimum atomic E-state index is -0.305. The monoisotopic (exact) mass is 355 g/mol. The number of carbonyl (C=O) groups is 1. The smallest absolute Gasteiger partial charge is 0.338 e. The zero-order valence-electron chi connectivity index (χ0n) is 15.0. The molecular formula is C20H25N3O3. The van der Waals surface area contributed by atoms with Crippen LogP contribution >= 0.6 is 0 Å². The summed E-state index contributed by atoms with van der Waals surface area (Å²) in [4.78, 5) is 19.4. The number of ether oxygens (including phenoxy) is 1. The molecule has 3 rings (SSSR count). The molecule has 1 aliphatic heterocycles. The average molecular weight is 355 g/mol. The van der Waals surface area contributed by atoms with Crippen LogP contribution in [0.2, 0.25) is 0 Å². The summed E-state index contributed by atoms with van der Waals surface area (Å²) in [6.45, 7) is 2.87. The lowest BCUT2D eigenvalue weighted by atomic mass is 10.1. The second-order valence-electron chi connectivity index (χ2n) is 6.39. The summed E-state index contributed by atoms with van der Waals surface area (Å²) in [5.41, 5.74) is 4.60. The van der Waals surface area contributed by atoms with Gasteiger partial charge in [0, 0.05) is 31.4 Å². The Morgan fingerprint density at radius 2 is 2.04 bits per heavy atom. The van der Waals surface area contributed by atoms with E-state index in [9.17, 15) is 4.79 Å². The minimum Gasteiger partial charge on any atom is -0.497 e. The van der Waals surface area contributed by atoms with Crippen molar-refractivity contribution < 1.29 is 14.4 Å². The van der Waals surface area contributed by atoms with Gasteiger partial charge in [0.15, 0.2) is 0 Å². The number of amides is 2. The van der Waals surface area contributed by atoms with Gasteiger partial charge < -0.3 is 15.0 Å². The first-order valence-corrected chi connectivity index (χ1v) is 8.83. The summed E-state index contributed by atoms with van der Waals surface area (Å²) in [6.07, 6.45) is 1.04. The Labute approximate surface area is 154 Å². The van der Waals surface area contributed by atoms with E-state index >= 15 is 0 Å². The van der Waals surface area contributed by atoms with Gasteiger partial charge in [0.2, 0.25) is 0 Å². The zero-order chi connectivity index (χ0) is 18.2. The summed E-state index contributed by atoms with van der Waals surface area (Å²) < 4.78 is 5.28. The first kappa shape index (κ1) is 18.1. The number of benzene rings is 2. The van der Waals surface area contributed by atoms with Crippen LogP contribution in [0.3, 0.4) is 0 Å². The van der Waals surface area contributed by atoms with E-state index in [1.807, 2.05) is 48.5 Å². The lowest BCUT2D eigenvalue weighted by Crippen LogP contribution is -2.38. The Balaban J connectivity index is 1.36. The number of hydroxylamine groups is 1. The van der Waals surface area contributed by atoms with E-state index in [2.05, 4.69) is 21.8 Å². The van der Waals surface area contributed by atoms with Gasteiger partial charge in [-0.25, -0.2) is 10.3 Å². The van der Waals surface area contributed by atoms with Crippen LogP contribution in [0.25, 0.3) is 0 Å². The average Bonchev–Trinajstić information content (AvgIpc) is 3.16. The number of rotatable bonds is 7. The highest BCUT2D eigenvalue weighted by Gasteiger charge is 2.23. The summed E-state index contributed by atoms with van der Waals surface area (Å²) in [7, 11) is 1.67. The van der Waals surface area contributed by atoms with Gasteiger partial charge in [-0.15, -0.1) is 0 Å². The lowest BCUT2D eigenvalue weighted by molar-refractivity contribution is 0.0488. The van der Waals surface area contributed by atoms with Crippen molar-refractivity contribution >= 4 is 11.7 Å². The maximum absolute atomic E-state index is 11.8. The molecule has 1 unspecified atom stereocenters. The van der Waals surface area contributed by atoms with E-state index in [0.717, 1.165) is 36.5 Å². The Morgan fingerprint density at radius 1 is 1.19 bits per heavy atom. The second kappa shape index (κ2) is 9.10. The highest BCUT2D eigenvalue weighted by Crippen LogP contribution is 2.26. The molecule has 0 aliphatic carbocycles. The Morgan fingerprint density at radius 3 is 2.85 bits per heavy atom. The van der Waals surface area contributed by atoms with Gasteiger partial charge >= 0.3 is 6.03 Å². The molecule has 1 atom stereocenters. The summed E-state index contributed by atoms with van der Waals surface area (Å²) >= 11 is 0. The molecule has 1 aliphatic rings. The predicted octanol–water partition coefficient (Wildman–Crippen LogP) is 2.95. The molecule has 1 saturated heterocycles. The number of hydrogen-bond acceptors (Lipinski definition) is 4. The fourth-order valence-corrected chi connectivity index (χ4v) is 3.07. The maximum atomic E-state index is 11.8. The van der Waals surface area contributed by atoms with Crippen molar-refractivity contribution in [3.05, 3.63) is 60.2 Å². The van der Waals surface area contributed by atoms with Crippen LogP contribution < -0.4 is 20.4 Å². The Hall–Kier alpha value is -2.73.